The number of halogens is 1. The number of nitrogens with one attached hydrogen (secondary N) is 1. The first-order valence-corrected chi connectivity index (χ1v) is 7.44. The maximum atomic E-state index is 12.1. The van der Waals surface area contributed by atoms with Crippen LogP contribution < -0.4 is 15.8 Å². The Hall–Kier alpha value is -2.01. The van der Waals surface area contributed by atoms with Crippen LogP contribution in [-0.4, -0.2) is 12.5 Å². The number of rotatable bonds is 5. The van der Waals surface area contributed by atoms with E-state index >= 15 is 0 Å². The maximum absolute atomic E-state index is 12.1. The molecule has 0 aromatic heterocycles. The van der Waals surface area contributed by atoms with E-state index in [0.29, 0.717) is 24.4 Å². The normalized spacial score (nSPS) is 10.2. The fraction of sp³-hybridized carbons (Fsp3) is 0.188. The molecule has 0 aliphatic heterocycles. The van der Waals surface area contributed by atoms with Gasteiger partial charge in [-0.05, 0) is 42.8 Å². The van der Waals surface area contributed by atoms with Crippen molar-refractivity contribution < 1.29 is 9.53 Å². The molecule has 2 aromatic rings. The molecule has 3 N–H and O–H groups in total. The molecule has 1 amide bonds. The van der Waals surface area contributed by atoms with Gasteiger partial charge in [-0.2, -0.15) is 0 Å². The number of hydrogen-bond donors (Lipinski definition) is 2. The highest BCUT2D eigenvalue weighted by Crippen LogP contribution is 2.17. The zero-order valence-corrected chi connectivity index (χ0v) is 13.3. The average molecular weight is 349 g/mol. The molecule has 4 nitrogen and oxygen atoms in total. The van der Waals surface area contributed by atoms with Gasteiger partial charge in [0.05, 0.1) is 6.61 Å². The number of ether oxygens (including phenoxy) is 1. The largest absolute Gasteiger partial charge is 0.494 e. The minimum absolute atomic E-state index is 0.162. The Morgan fingerprint density at radius 1 is 1.29 bits per heavy atom. The van der Waals surface area contributed by atoms with Gasteiger partial charge in [0.2, 0.25) is 0 Å². The Kier molecular flexibility index (Phi) is 5.22. The molecule has 0 spiro atoms. The number of benzene rings is 2. The monoisotopic (exact) mass is 348 g/mol. The molecule has 0 bridgehead atoms. The van der Waals surface area contributed by atoms with E-state index in [-0.39, 0.29) is 5.91 Å². The van der Waals surface area contributed by atoms with Gasteiger partial charge in [-0.25, -0.2) is 0 Å². The lowest BCUT2D eigenvalue weighted by Gasteiger charge is -2.08. The van der Waals surface area contributed by atoms with Crippen molar-refractivity contribution in [2.75, 3.05) is 12.3 Å². The van der Waals surface area contributed by atoms with Gasteiger partial charge in [0.1, 0.15) is 5.75 Å². The van der Waals surface area contributed by atoms with Gasteiger partial charge in [0.15, 0.2) is 0 Å². The van der Waals surface area contributed by atoms with Crippen molar-refractivity contribution in [1.29, 1.82) is 0 Å². The van der Waals surface area contributed by atoms with Crippen LogP contribution in [0.2, 0.25) is 0 Å². The maximum Gasteiger partial charge on any atom is 0.251 e. The van der Waals surface area contributed by atoms with E-state index in [1.165, 1.54) is 0 Å². The Labute approximate surface area is 132 Å². The van der Waals surface area contributed by atoms with Gasteiger partial charge in [-0.15, -0.1) is 0 Å². The summed E-state index contributed by atoms with van der Waals surface area (Å²) in [6.07, 6.45) is 0. The molecule has 2 rings (SSSR count). The molecule has 2 aromatic carbocycles. The first-order valence-electron chi connectivity index (χ1n) is 6.64. The predicted octanol–water partition coefficient (Wildman–Crippen LogP) is 3.36. The molecule has 110 valence electrons. The third-order valence-corrected chi connectivity index (χ3v) is 3.30. The fourth-order valence-corrected chi connectivity index (χ4v) is 2.45. The van der Waals surface area contributed by atoms with Crippen LogP contribution in [0.4, 0.5) is 5.69 Å². The summed E-state index contributed by atoms with van der Waals surface area (Å²) in [5, 5.41) is 2.87. The molecule has 0 atom stereocenters. The van der Waals surface area contributed by atoms with Gasteiger partial charge < -0.3 is 15.8 Å². The highest BCUT2D eigenvalue weighted by Gasteiger charge is 2.07. The number of anilines is 1. The Morgan fingerprint density at radius 2 is 2.10 bits per heavy atom. The molecule has 0 saturated heterocycles. The van der Waals surface area contributed by atoms with Crippen LogP contribution in [0.3, 0.4) is 0 Å². The Bertz CT molecular complexity index is 624. The molecule has 0 unspecified atom stereocenters. The molecule has 0 aliphatic rings. The molecule has 0 saturated carbocycles. The van der Waals surface area contributed by atoms with Gasteiger partial charge in [0, 0.05) is 22.3 Å². The van der Waals surface area contributed by atoms with E-state index in [2.05, 4.69) is 21.2 Å². The molecular weight excluding hydrogens is 332 g/mol. The van der Waals surface area contributed by atoms with Crippen molar-refractivity contribution in [2.45, 2.75) is 13.5 Å². The van der Waals surface area contributed by atoms with Crippen molar-refractivity contribution in [3.63, 3.8) is 0 Å². The predicted molar refractivity (Wildman–Crippen MR) is 87.3 cm³/mol. The van der Waals surface area contributed by atoms with Crippen molar-refractivity contribution in [1.82, 2.24) is 5.32 Å². The summed E-state index contributed by atoms with van der Waals surface area (Å²) in [4.78, 5) is 12.1. The summed E-state index contributed by atoms with van der Waals surface area (Å²) in [5.74, 6) is 0.640. The van der Waals surface area contributed by atoms with Crippen molar-refractivity contribution in [3.8, 4) is 5.75 Å². The van der Waals surface area contributed by atoms with E-state index in [1.807, 2.05) is 31.2 Å². The summed E-state index contributed by atoms with van der Waals surface area (Å²) in [7, 11) is 0. The zero-order chi connectivity index (χ0) is 15.2. The second kappa shape index (κ2) is 7.13. The van der Waals surface area contributed by atoms with Crippen molar-refractivity contribution in [2.24, 2.45) is 0 Å². The van der Waals surface area contributed by atoms with Crippen LogP contribution in [0.25, 0.3) is 0 Å². The van der Waals surface area contributed by atoms with Crippen LogP contribution in [0.15, 0.2) is 46.9 Å². The number of carbonyl (C=O) groups excluding carboxylic acids is 1. The van der Waals surface area contributed by atoms with Crippen molar-refractivity contribution in [3.05, 3.63) is 58.1 Å². The summed E-state index contributed by atoms with van der Waals surface area (Å²) in [6, 6.07) is 12.8. The lowest BCUT2D eigenvalue weighted by atomic mass is 10.1. The van der Waals surface area contributed by atoms with Crippen LogP contribution >= 0.6 is 15.9 Å². The standard InChI is InChI=1S/C16H17BrN2O2/c1-2-21-15-5-3-4-11(6-15)10-19-16(20)12-7-13(17)9-14(18)8-12/h3-9H,2,10,18H2,1H3,(H,19,20). The van der Waals surface area contributed by atoms with E-state index in [9.17, 15) is 4.79 Å². The highest BCUT2D eigenvalue weighted by molar-refractivity contribution is 9.10. The minimum Gasteiger partial charge on any atom is -0.494 e. The molecule has 5 heteroatoms. The lowest BCUT2D eigenvalue weighted by Crippen LogP contribution is -2.22. The first kappa shape index (κ1) is 15.4. The van der Waals surface area contributed by atoms with Gasteiger partial charge in [-0.3, -0.25) is 4.79 Å². The fourth-order valence-electron chi connectivity index (χ4n) is 1.94. The number of nitrogen functional groups attached to an aromatic ring is 1. The Balaban J connectivity index is 2.02. The summed E-state index contributed by atoms with van der Waals surface area (Å²) in [6.45, 7) is 2.99. The molecule has 0 heterocycles. The second-order valence-electron chi connectivity index (χ2n) is 4.54. The first-order chi connectivity index (χ1) is 10.1. The molecule has 0 fully saturated rings. The second-order valence-corrected chi connectivity index (χ2v) is 5.45. The quantitative estimate of drug-likeness (QED) is 0.814. The third-order valence-electron chi connectivity index (χ3n) is 2.84. The van der Waals surface area contributed by atoms with Crippen LogP contribution in [0.1, 0.15) is 22.8 Å². The molecular formula is C16H17BrN2O2. The van der Waals surface area contributed by atoms with E-state index in [4.69, 9.17) is 10.5 Å². The average Bonchev–Trinajstić information content (AvgIpc) is 2.44. The summed E-state index contributed by atoms with van der Waals surface area (Å²) >= 11 is 3.33. The lowest BCUT2D eigenvalue weighted by molar-refractivity contribution is 0.0951. The molecule has 0 aliphatic carbocycles. The zero-order valence-electron chi connectivity index (χ0n) is 11.7. The third kappa shape index (κ3) is 4.49. The Morgan fingerprint density at radius 3 is 2.81 bits per heavy atom. The number of carbonyl (C=O) groups is 1. The van der Waals surface area contributed by atoms with Gasteiger partial charge >= 0.3 is 0 Å². The van der Waals surface area contributed by atoms with Gasteiger partial charge in [-0.1, -0.05) is 28.1 Å². The number of hydrogen-bond acceptors (Lipinski definition) is 3. The van der Waals surface area contributed by atoms with E-state index in [1.54, 1.807) is 18.2 Å². The highest BCUT2D eigenvalue weighted by atomic mass is 79.9. The summed E-state index contributed by atoms with van der Waals surface area (Å²) < 4.78 is 6.22. The molecule has 21 heavy (non-hydrogen) atoms. The van der Waals surface area contributed by atoms with E-state index < -0.39 is 0 Å². The molecule has 0 radical (unpaired) electrons. The van der Waals surface area contributed by atoms with Crippen LogP contribution in [0, 0.1) is 0 Å². The topological polar surface area (TPSA) is 64.3 Å². The van der Waals surface area contributed by atoms with Crippen LogP contribution in [-0.2, 0) is 6.54 Å². The van der Waals surface area contributed by atoms with E-state index in [0.717, 1.165) is 15.8 Å². The number of amides is 1. The number of nitrogens with two attached hydrogens (primary N) is 1. The van der Waals surface area contributed by atoms with Crippen LogP contribution in [0.5, 0.6) is 5.75 Å². The summed E-state index contributed by atoms with van der Waals surface area (Å²) in [5.41, 5.74) is 7.79. The SMILES string of the molecule is CCOc1cccc(CNC(=O)c2cc(N)cc(Br)c2)c1. The smallest absolute Gasteiger partial charge is 0.251 e. The minimum atomic E-state index is -0.162. The van der Waals surface area contributed by atoms with Gasteiger partial charge in [0.25, 0.3) is 5.91 Å². The van der Waals surface area contributed by atoms with Crippen molar-refractivity contribution >= 4 is 27.5 Å².